The molecule has 3 fully saturated rings. The number of rotatable bonds is 7. The summed E-state index contributed by atoms with van der Waals surface area (Å²) in [4.78, 5) is 78.4. The van der Waals surface area contributed by atoms with Crippen molar-refractivity contribution in [2.45, 2.75) is 100 Å². The molecule has 13 nitrogen and oxygen atoms in total. The van der Waals surface area contributed by atoms with Crippen LogP contribution in [0.4, 0.5) is 4.79 Å². The molecule has 2 aromatic heterocycles. The maximum Gasteiger partial charge on any atom is 0.408 e. The molecule has 14 heteroatoms. The molecule has 268 valence electrons. The number of amides is 3. The molecule has 2 aliphatic heterocycles. The molecule has 2 aliphatic carbocycles. The Morgan fingerprint density at radius 1 is 0.961 bits per heavy atom. The molecule has 0 radical (unpaired) electrons. The number of carboxylic acids is 1. The summed E-state index contributed by atoms with van der Waals surface area (Å²) in [5, 5.41) is 17.1. The van der Waals surface area contributed by atoms with Gasteiger partial charge in [0.15, 0.2) is 0 Å². The van der Waals surface area contributed by atoms with Gasteiger partial charge in [0.2, 0.25) is 17.7 Å². The number of hydrogen-bond acceptors (Lipinski definition) is 10. The molecule has 4 heterocycles. The number of aliphatic carboxylic acids is 1. The molecule has 0 spiro atoms. The fraction of sp³-hybridized carbons (Fsp3) is 0.486. The fourth-order valence-electron chi connectivity index (χ4n) is 7.49. The molecule has 51 heavy (non-hydrogen) atoms. The standard InChI is InChI=1S/C37H41N5O8S/c43-31(35(46)47)37-20-22(37)11-4-2-1-3-5-16-27(40-36(48)50-23-12-6-7-13-23)34(45)42-21-24(19-28(42)32(44)41-37)49-33-30(29-17-10-18-51-29)38-25-14-8-9-15-26(25)39-33/h4,8-11,14-15,17-18,22-24,27-28H,1-3,5-7,12-13,16,19-21H2,(H,40,48)(H,41,44)(H,46,47)/t22-,24+,27-,28+,37+/m1/s1. The summed E-state index contributed by atoms with van der Waals surface area (Å²) in [5.41, 5.74) is 0.214. The second-order valence-electron chi connectivity index (χ2n) is 13.8. The van der Waals surface area contributed by atoms with E-state index in [2.05, 4.69) is 10.6 Å². The average molecular weight is 716 g/mol. The number of para-hydroxylation sites is 2. The minimum Gasteiger partial charge on any atom is -0.475 e. The number of ketones is 1. The molecule has 4 aliphatic rings. The highest BCUT2D eigenvalue weighted by atomic mass is 32.1. The van der Waals surface area contributed by atoms with Crippen LogP contribution in [0.1, 0.15) is 70.6 Å². The highest BCUT2D eigenvalue weighted by molar-refractivity contribution is 7.13. The lowest BCUT2D eigenvalue weighted by atomic mass is 10.0. The number of alkyl carbamates (subject to hydrolysis) is 1. The van der Waals surface area contributed by atoms with Crippen LogP contribution in [0.15, 0.2) is 53.9 Å². The Balaban J connectivity index is 1.20. The topological polar surface area (TPSA) is 177 Å². The van der Waals surface area contributed by atoms with Crippen LogP contribution in [0.25, 0.3) is 21.6 Å². The van der Waals surface area contributed by atoms with Crippen molar-refractivity contribution in [2.75, 3.05) is 6.54 Å². The highest BCUT2D eigenvalue weighted by Crippen LogP contribution is 2.46. The number of ether oxygens (including phenoxy) is 2. The number of carboxylic acid groups (broad SMARTS) is 1. The summed E-state index contributed by atoms with van der Waals surface area (Å²) >= 11 is 1.47. The van der Waals surface area contributed by atoms with Gasteiger partial charge >= 0.3 is 12.1 Å². The van der Waals surface area contributed by atoms with E-state index in [1.54, 1.807) is 6.08 Å². The van der Waals surface area contributed by atoms with Crippen LogP contribution in [-0.4, -0.2) is 86.0 Å². The Morgan fingerprint density at radius 2 is 1.73 bits per heavy atom. The fourth-order valence-corrected chi connectivity index (χ4v) is 8.19. The Kier molecular flexibility index (Phi) is 10.0. The van der Waals surface area contributed by atoms with Crippen molar-refractivity contribution in [3.05, 3.63) is 53.9 Å². The van der Waals surface area contributed by atoms with E-state index in [1.807, 2.05) is 47.9 Å². The number of nitrogens with zero attached hydrogens (tertiary/aromatic N) is 3. The molecule has 2 saturated carbocycles. The Hall–Kier alpha value is -4.85. The van der Waals surface area contributed by atoms with Crippen LogP contribution < -0.4 is 15.4 Å². The van der Waals surface area contributed by atoms with Gasteiger partial charge in [-0.25, -0.2) is 19.6 Å². The first kappa shape index (κ1) is 34.6. The largest absolute Gasteiger partial charge is 0.475 e. The van der Waals surface area contributed by atoms with E-state index in [-0.39, 0.29) is 31.4 Å². The molecular formula is C37H41N5O8S. The normalized spacial score (nSPS) is 27.1. The number of fused-ring (bicyclic) bond motifs is 3. The number of nitrogens with one attached hydrogen (secondary N) is 2. The summed E-state index contributed by atoms with van der Waals surface area (Å²) < 4.78 is 12.1. The van der Waals surface area contributed by atoms with Gasteiger partial charge in [-0.2, -0.15) is 0 Å². The zero-order valence-corrected chi connectivity index (χ0v) is 28.9. The Bertz CT molecular complexity index is 1840. The quantitative estimate of drug-likeness (QED) is 0.228. The number of hydrogen-bond donors (Lipinski definition) is 3. The summed E-state index contributed by atoms with van der Waals surface area (Å²) in [6.07, 6.45) is 9.04. The molecule has 5 atom stereocenters. The molecule has 1 saturated heterocycles. The van der Waals surface area contributed by atoms with Crippen LogP contribution in [-0.2, 0) is 23.9 Å². The zero-order valence-electron chi connectivity index (χ0n) is 28.1. The van der Waals surface area contributed by atoms with Crippen molar-refractivity contribution >= 4 is 52.0 Å². The monoisotopic (exact) mass is 715 g/mol. The van der Waals surface area contributed by atoms with Crippen molar-refractivity contribution in [3.63, 3.8) is 0 Å². The highest BCUT2D eigenvalue weighted by Gasteiger charge is 2.62. The Morgan fingerprint density at radius 3 is 2.47 bits per heavy atom. The lowest BCUT2D eigenvalue weighted by Crippen LogP contribution is -2.57. The lowest BCUT2D eigenvalue weighted by Gasteiger charge is -2.29. The molecule has 0 bridgehead atoms. The summed E-state index contributed by atoms with van der Waals surface area (Å²) in [6.45, 7) is -0.0195. The number of aromatic nitrogens is 2. The van der Waals surface area contributed by atoms with Crippen LogP contribution in [0.2, 0.25) is 0 Å². The second kappa shape index (κ2) is 14.8. The molecule has 7 rings (SSSR count). The van der Waals surface area contributed by atoms with Crippen molar-refractivity contribution in [2.24, 2.45) is 5.92 Å². The van der Waals surface area contributed by atoms with Crippen LogP contribution in [0.5, 0.6) is 5.88 Å². The van der Waals surface area contributed by atoms with Crippen molar-refractivity contribution in [1.29, 1.82) is 0 Å². The number of allylic oxidation sites excluding steroid dienone is 1. The van der Waals surface area contributed by atoms with Crippen LogP contribution in [0, 0.1) is 5.92 Å². The van der Waals surface area contributed by atoms with E-state index in [4.69, 9.17) is 19.4 Å². The first-order valence-corrected chi connectivity index (χ1v) is 18.6. The van der Waals surface area contributed by atoms with E-state index in [9.17, 15) is 29.1 Å². The van der Waals surface area contributed by atoms with E-state index < -0.39 is 59.3 Å². The number of Topliss-reactive ketones (excluding diaryl/α,β-unsaturated/α-hetero) is 1. The van der Waals surface area contributed by atoms with Crippen LogP contribution >= 0.6 is 11.3 Å². The van der Waals surface area contributed by atoms with Crippen molar-refractivity contribution < 1.29 is 38.6 Å². The SMILES string of the molecule is O=C(N[C@@H]1CCCCCC=C[C@@H]2C[C@]2(C(=O)C(=O)O)NC(=O)[C@@H]2C[C@H](Oc3nc4ccccc4nc3-c3cccs3)CN2C1=O)OC1CCCC1. The molecule has 3 amide bonds. The maximum atomic E-state index is 14.4. The minimum absolute atomic E-state index is 0.0195. The lowest BCUT2D eigenvalue weighted by molar-refractivity contribution is -0.151. The van der Waals surface area contributed by atoms with Gasteiger partial charge in [0.25, 0.3) is 5.78 Å². The second-order valence-corrected chi connectivity index (χ2v) is 14.8. The maximum absolute atomic E-state index is 14.4. The Labute approximate surface area is 298 Å². The number of carbonyl (C=O) groups is 5. The first-order valence-electron chi connectivity index (χ1n) is 17.7. The molecule has 1 aromatic carbocycles. The van der Waals surface area contributed by atoms with Gasteiger partial charge in [-0.05, 0) is 74.9 Å². The number of benzene rings is 1. The van der Waals surface area contributed by atoms with Crippen LogP contribution in [0.3, 0.4) is 0 Å². The van der Waals surface area contributed by atoms with Gasteiger partial charge in [-0.15, -0.1) is 11.3 Å². The van der Waals surface area contributed by atoms with E-state index in [1.165, 1.54) is 16.2 Å². The predicted molar refractivity (Wildman–Crippen MR) is 187 cm³/mol. The third kappa shape index (κ3) is 7.46. The van der Waals surface area contributed by atoms with Gasteiger partial charge in [0.1, 0.15) is 35.5 Å². The summed E-state index contributed by atoms with van der Waals surface area (Å²) in [6, 6.07) is 9.12. The van der Waals surface area contributed by atoms with E-state index in [0.29, 0.717) is 36.0 Å². The smallest absolute Gasteiger partial charge is 0.408 e. The third-order valence-electron chi connectivity index (χ3n) is 10.3. The summed E-state index contributed by atoms with van der Waals surface area (Å²) in [7, 11) is 0. The predicted octanol–water partition coefficient (Wildman–Crippen LogP) is 4.79. The zero-order chi connectivity index (χ0) is 35.5. The van der Waals surface area contributed by atoms with Gasteiger partial charge in [0.05, 0.1) is 22.5 Å². The number of thiophene rings is 1. The number of carbonyl (C=O) groups excluding carboxylic acids is 4. The minimum atomic E-state index is -1.63. The molecular weight excluding hydrogens is 675 g/mol. The molecule has 0 unspecified atom stereocenters. The van der Waals surface area contributed by atoms with E-state index >= 15 is 0 Å². The first-order chi connectivity index (χ1) is 24.7. The third-order valence-corrected chi connectivity index (χ3v) is 11.2. The average Bonchev–Trinajstić information content (AvgIpc) is 3.62. The van der Waals surface area contributed by atoms with Gasteiger partial charge in [-0.3, -0.25) is 14.4 Å². The summed E-state index contributed by atoms with van der Waals surface area (Å²) in [5.74, 6) is -4.10. The van der Waals surface area contributed by atoms with E-state index in [0.717, 1.165) is 43.4 Å². The van der Waals surface area contributed by atoms with Crippen molar-refractivity contribution in [3.8, 4) is 16.5 Å². The van der Waals surface area contributed by atoms with Crippen molar-refractivity contribution in [1.82, 2.24) is 25.5 Å². The molecule has 3 aromatic rings. The van der Waals surface area contributed by atoms with Gasteiger partial charge in [-0.1, -0.05) is 43.2 Å². The van der Waals surface area contributed by atoms with Gasteiger partial charge in [0, 0.05) is 12.3 Å². The van der Waals surface area contributed by atoms with Gasteiger partial charge < -0.3 is 30.1 Å². The molecule has 3 N–H and O–H groups in total.